The summed E-state index contributed by atoms with van der Waals surface area (Å²) in [5, 5.41) is 11.3. The second kappa shape index (κ2) is 6.74. The standard InChI is InChI=1S/C11H13ClN2O6S/c12-7-5-6(1-3-9(7)21(18,19)20)14-8(11(16)17)2-4-10(13)15/h1,3,5,8,14H,2,4H2,(H2,13,15)(H,16,17)(H,18,19,20)/t8-/m0/s1. The van der Waals surface area contributed by atoms with Gasteiger partial charge in [-0.25, -0.2) is 4.79 Å². The molecular formula is C11H13ClN2O6S. The number of nitrogens with one attached hydrogen (secondary N) is 1. The van der Waals surface area contributed by atoms with Crippen LogP contribution in [0.2, 0.25) is 5.02 Å². The van der Waals surface area contributed by atoms with Crippen LogP contribution in [0.5, 0.6) is 0 Å². The van der Waals surface area contributed by atoms with E-state index in [9.17, 15) is 18.0 Å². The van der Waals surface area contributed by atoms with Gasteiger partial charge in [-0.1, -0.05) is 11.6 Å². The number of amides is 1. The largest absolute Gasteiger partial charge is 0.480 e. The van der Waals surface area contributed by atoms with Gasteiger partial charge in [0.05, 0.1) is 5.02 Å². The second-order valence-electron chi connectivity index (χ2n) is 4.16. The number of anilines is 1. The number of aliphatic carboxylic acids is 1. The molecule has 0 unspecified atom stereocenters. The monoisotopic (exact) mass is 336 g/mol. The van der Waals surface area contributed by atoms with Crippen molar-refractivity contribution in [3.8, 4) is 0 Å². The third-order valence-corrected chi connectivity index (χ3v) is 3.86. The van der Waals surface area contributed by atoms with Gasteiger partial charge < -0.3 is 16.2 Å². The van der Waals surface area contributed by atoms with Crippen LogP contribution in [0.15, 0.2) is 23.1 Å². The summed E-state index contributed by atoms with van der Waals surface area (Å²) < 4.78 is 30.9. The van der Waals surface area contributed by atoms with Crippen molar-refractivity contribution in [2.45, 2.75) is 23.8 Å². The lowest BCUT2D eigenvalue weighted by molar-refractivity contribution is -0.138. The summed E-state index contributed by atoms with van der Waals surface area (Å²) in [7, 11) is -4.45. The Morgan fingerprint density at radius 2 is 2.00 bits per heavy atom. The summed E-state index contributed by atoms with van der Waals surface area (Å²) in [6.45, 7) is 0. The average Bonchev–Trinajstić information content (AvgIpc) is 2.32. The molecule has 1 aromatic carbocycles. The van der Waals surface area contributed by atoms with Crippen molar-refractivity contribution >= 4 is 39.3 Å². The van der Waals surface area contributed by atoms with Crippen LogP contribution in [-0.2, 0) is 19.7 Å². The smallest absolute Gasteiger partial charge is 0.326 e. The first-order chi connectivity index (χ1) is 9.61. The Morgan fingerprint density at radius 1 is 1.38 bits per heavy atom. The fourth-order valence-electron chi connectivity index (χ4n) is 1.54. The summed E-state index contributed by atoms with van der Waals surface area (Å²) in [4.78, 5) is 21.2. The van der Waals surface area contributed by atoms with Crippen molar-refractivity contribution in [2.24, 2.45) is 5.73 Å². The van der Waals surface area contributed by atoms with E-state index in [1.807, 2.05) is 0 Å². The molecule has 8 nitrogen and oxygen atoms in total. The fraction of sp³-hybridized carbons (Fsp3) is 0.273. The molecule has 0 saturated heterocycles. The van der Waals surface area contributed by atoms with Gasteiger partial charge in [0.15, 0.2) is 0 Å². The van der Waals surface area contributed by atoms with Crippen LogP contribution in [0, 0.1) is 0 Å². The molecule has 10 heteroatoms. The first-order valence-corrected chi connectivity index (χ1v) is 7.47. The van der Waals surface area contributed by atoms with E-state index in [2.05, 4.69) is 5.32 Å². The van der Waals surface area contributed by atoms with E-state index in [4.69, 9.17) is 27.0 Å². The van der Waals surface area contributed by atoms with Crippen molar-refractivity contribution in [3.63, 3.8) is 0 Å². The van der Waals surface area contributed by atoms with E-state index in [0.717, 1.165) is 12.1 Å². The second-order valence-corrected chi connectivity index (χ2v) is 5.96. The molecule has 0 heterocycles. The first-order valence-electron chi connectivity index (χ1n) is 5.66. The summed E-state index contributed by atoms with van der Waals surface area (Å²) in [5.41, 5.74) is 5.18. The molecule has 1 rings (SSSR count). The van der Waals surface area contributed by atoms with Gasteiger partial charge in [-0.05, 0) is 24.6 Å². The van der Waals surface area contributed by atoms with E-state index < -0.39 is 32.9 Å². The molecule has 0 aliphatic rings. The first kappa shape index (κ1) is 17.2. The maximum atomic E-state index is 11.0. The highest BCUT2D eigenvalue weighted by Gasteiger charge is 2.20. The molecule has 0 aliphatic heterocycles. The minimum Gasteiger partial charge on any atom is -0.480 e. The number of rotatable bonds is 7. The molecule has 0 fully saturated rings. The van der Waals surface area contributed by atoms with Crippen LogP contribution < -0.4 is 11.1 Å². The van der Waals surface area contributed by atoms with Crippen molar-refractivity contribution in [1.82, 2.24) is 0 Å². The Kier molecular flexibility index (Phi) is 5.53. The third-order valence-electron chi connectivity index (χ3n) is 2.53. The molecule has 0 bridgehead atoms. The number of hydrogen-bond acceptors (Lipinski definition) is 5. The lowest BCUT2D eigenvalue weighted by Gasteiger charge is -2.15. The lowest BCUT2D eigenvalue weighted by atomic mass is 10.1. The van der Waals surface area contributed by atoms with Crippen molar-refractivity contribution in [1.29, 1.82) is 0 Å². The van der Waals surface area contributed by atoms with E-state index in [-0.39, 0.29) is 23.6 Å². The Balaban J connectivity index is 2.93. The van der Waals surface area contributed by atoms with Crippen molar-refractivity contribution < 1.29 is 27.7 Å². The van der Waals surface area contributed by atoms with Crippen molar-refractivity contribution in [2.75, 3.05) is 5.32 Å². The highest BCUT2D eigenvalue weighted by atomic mass is 35.5. The van der Waals surface area contributed by atoms with E-state index >= 15 is 0 Å². The van der Waals surface area contributed by atoms with Crippen molar-refractivity contribution in [3.05, 3.63) is 23.2 Å². The lowest BCUT2D eigenvalue weighted by Crippen LogP contribution is -2.30. The van der Waals surface area contributed by atoms with Crippen LogP contribution >= 0.6 is 11.6 Å². The number of carboxylic acid groups (broad SMARTS) is 1. The molecule has 116 valence electrons. The maximum Gasteiger partial charge on any atom is 0.326 e. The molecule has 0 radical (unpaired) electrons. The number of benzene rings is 1. The number of carboxylic acids is 1. The van der Waals surface area contributed by atoms with Gasteiger partial charge in [-0.3, -0.25) is 9.35 Å². The topological polar surface area (TPSA) is 147 Å². The quantitative estimate of drug-likeness (QED) is 0.536. The highest BCUT2D eigenvalue weighted by Crippen LogP contribution is 2.25. The summed E-state index contributed by atoms with van der Waals surface area (Å²) in [6.07, 6.45) is -0.164. The predicted octanol–water partition coefficient (Wildman–Crippen LogP) is 0.717. The Hall–Kier alpha value is -1.84. The predicted molar refractivity (Wildman–Crippen MR) is 74.7 cm³/mol. The molecule has 0 aromatic heterocycles. The highest BCUT2D eigenvalue weighted by molar-refractivity contribution is 7.86. The van der Waals surface area contributed by atoms with Gasteiger partial charge in [-0.15, -0.1) is 0 Å². The van der Waals surface area contributed by atoms with Crippen LogP contribution in [0.4, 0.5) is 5.69 Å². The Morgan fingerprint density at radius 3 is 2.43 bits per heavy atom. The van der Waals surface area contributed by atoms with Gasteiger partial charge in [0.1, 0.15) is 10.9 Å². The fourth-order valence-corrected chi connectivity index (χ4v) is 2.56. The normalized spacial score (nSPS) is 12.7. The number of primary amides is 1. The van der Waals surface area contributed by atoms with Crippen LogP contribution in [0.25, 0.3) is 0 Å². The number of carbonyl (C=O) groups is 2. The maximum absolute atomic E-state index is 11.0. The molecule has 21 heavy (non-hydrogen) atoms. The molecule has 1 amide bonds. The number of halogens is 1. The summed E-state index contributed by atoms with van der Waals surface area (Å²) >= 11 is 5.70. The zero-order valence-corrected chi connectivity index (χ0v) is 12.2. The van der Waals surface area contributed by atoms with E-state index in [1.165, 1.54) is 6.07 Å². The number of hydrogen-bond donors (Lipinski definition) is 4. The minimum atomic E-state index is -4.45. The zero-order valence-electron chi connectivity index (χ0n) is 10.6. The van der Waals surface area contributed by atoms with E-state index in [0.29, 0.717) is 0 Å². The van der Waals surface area contributed by atoms with Gasteiger partial charge >= 0.3 is 5.97 Å². The van der Waals surface area contributed by atoms with Gasteiger partial charge in [-0.2, -0.15) is 8.42 Å². The van der Waals surface area contributed by atoms with Crippen LogP contribution in [0.3, 0.4) is 0 Å². The summed E-state index contributed by atoms with van der Waals surface area (Å²) in [6, 6.07) is 2.35. The molecule has 0 aliphatic carbocycles. The molecule has 0 spiro atoms. The van der Waals surface area contributed by atoms with Gasteiger partial charge in [0.25, 0.3) is 10.1 Å². The Bertz CT molecular complexity index is 661. The number of nitrogens with two attached hydrogens (primary N) is 1. The molecule has 1 atom stereocenters. The SMILES string of the molecule is NC(=O)CC[C@H](Nc1ccc(S(=O)(=O)O)c(Cl)c1)C(=O)O. The van der Waals surface area contributed by atoms with E-state index in [1.54, 1.807) is 0 Å². The molecule has 5 N–H and O–H groups in total. The van der Waals surface area contributed by atoms with Gasteiger partial charge in [0, 0.05) is 12.1 Å². The molecule has 0 saturated carbocycles. The average molecular weight is 337 g/mol. The van der Waals surface area contributed by atoms with Crippen LogP contribution in [0.1, 0.15) is 12.8 Å². The third kappa shape index (κ3) is 5.21. The summed E-state index contributed by atoms with van der Waals surface area (Å²) in [5.74, 6) is -1.84. The number of carbonyl (C=O) groups excluding carboxylic acids is 1. The molecular weight excluding hydrogens is 324 g/mol. The molecule has 1 aromatic rings. The van der Waals surface area contributed by atoms with Gasteiger partial charge in [0.2, 0.25) is 5.91 Å². The zero-order chi connectivity index (χ0) is 16.2. The Labute approximate surface area is 125 Å². The minimum absolute atomic E-state index is 0.0393. The van der Waals surface area contributed by atoms with Crippen LogP contribution in [-0.4, -0.2) is 36.0 Å².